The molecule has 0 radical (unpaired) electrons. The van der Waals surface area contributed by atoms with Crippen molar-refractivity contribution in [3.63, 3.8) is 0 Å². The number of benzene rings is 8. The fourth-order valence-electron chi connectivity index (χ4n) is 7.79. The van der Waals surface area contributed by atoms with E-state index in [-0.39, 0.29) is 11.5 Å². The van der Waals surface area contributed by atoms with E-state index in [1.807, 2.05) is 0 Å². The van der Waals surface area contributed by atoms with Crippen molar-refractivity contribution in [3.8, 4) is 155 Å². The highest BCUT2D eigenvalue weighted by atomic mass is 16.6. The van der Waals surface area contributed by atoms with Crippen LogP contribution in [0.25, 0.3) is 55.8 Å². The molecule has 0 spiro atoms. The van der Waals surface area contributed by atoms with Gasteiger partial charge < -0.3 is 118 Å². The molecule has 0 saturated carbocycles. The number of phenols is 15. The third-order valence-corrected chi connectivity index (χ3v) is 10.7. The van der Waals surface area contributed by atoms with E-state index in [0.717, 1.165) is 78.9 Å². The third kappa shape index (κ3) is 6.94. The molecule has 11 rings (SSSR count). The second-order valence-corrected chi connectivity index (χ2v) is 15.7. The Balaban J connectivity index is 1.09. The number of hydrogen-bond donors (Lipinski definition) is 15. The summed E-state index contributed by atoms with van der Waals surface area (Å²) in [6.45, 7) is 0. The second-order valence-electron chi connectivity index (χ2n) is 15.7. The minimum absolute atomic E-state index is 0.232. The van der Waals surface area contributed by atoms with Crippen LogP contribution < -0.4 is 23.7 Å². The van der Waals surface area contributed by atoms with Gasteiger partial charge in [-0.15, -0.1) is 0 Å². The van der Waals surface area contributed by atoms with Crippen molar-refractivity contribution >= 4 is 44.7 Å². The summed E-state index contributed by atoms with van der Waals surface area (Å²) in [5, 5.41) is 161. The lowest BCUT2D eigenvalue weighted by molar-refractivity contribution is 0.300. The highest BCUT2D eigenvalue weighted by Crippen LogP contribution is 2.64. The summed E-state index contributed by atoms with van der Waals surface area (Å²) < 4.78 is 53.5. The van der Waals surface area contributed by atoms with Crippen LogP contribution in [0, 0.1) is 0 Å². The largest absolute Gasteiger partial charge is 0.508 e. The zero-order chi connectivity index (χ0) is 50.8. The Morgan fingerprint density at radius 3 is 1.33 bits per heavy atom. The van der Waals surface area contributed by atoms with Crippen LogP contribution in [0.3, 0.4) is 0 Å². The molecule has 15 N–H and O–H groups in total. The van der Waals surface area contributed by atoms with Gasteiger partial charge in [-0.2, -0.15) is 0 Å². The van der Waals surface area contributed by atoms with Crippen LogP contribution in [0.4, 0.5) is 0 Å². The van der Waals surface area contributed by atoms with Crippen LogP contribution in [0.1, 0.15) is 0 Å². The lowest BCUT2D eigenvalue weighted by atomic mass is 9.99. The highest BCUT2D eigenvalue weighted by molar-refractivity contribution is 6.05. The molecule has 0 amide bonds. The molecule has 364 valence electrons. The van der Waals surface area contributed by atoms with Gasteiger partial charge in [-0.1, -0.05) is 0 Å². The van der Waals surface area contributed by atoms with E-state index in [4.69, 9.17) is 41.4 Å². The van der Waals surface area contributed by atoms with Crippen LogP contribution in [0.15, 0.2) is 96.5 Å². The van der Waals surface area contributed by atoms with Gasteiger partial charge in [0.2, 0.25) is 68.2 Å². The average molecular weight is 989 g/mol. The third-order valence-electron chi connectivity index (χ3n) is 10.7. The molecular formula is C48H28O24. The van der Waals surface area contributed by atoms with E-state index in [1.165, 1.54) is 0 Å². The maximum Gasteiger partial charge on any atom is 0.220 e. The van der Waals surface area contributed by atoms with Gasteiger partial charge in [0.15, 0.2) is 68.5 Å². The Bertz CT molecular complexity index is 3980. The van der Waals surface area contributed by atoms with Gasteiger partial charge in [0.1, 0.15) is 51.7 Å². The first kappa shape index (κ1) is 43.5. The first-order chi connectivity index (χ1) is 34.3. The predicted octanol–water partition coefficient (Wildman–Crippen LogP) is 10.3. The minimum Gasteiger partial charge on any atom is -0.508 e. The van der Waals surface area contributed by atoms with Crippen LogP contribution in [-0.4, -0.2) is 76.6 Å². The minimum atomic E-state index is -0.913. The Hall–Kier alpha value is -11.0. The van der Waals surface area contributed by atoms with Crippen molar-refractivity contribution in [1.29, 1.82) is 0 Å². The zero-order valence-electron chi connectivity index (χ0n) is 35.4. The van der Waals surface area contributed by atoms with E-state index < -0.39 is 188 Å². The molecule has 0 aliphatic carbocycles. The fraction of sp³-hybridized carbons (Fsp3) is 0. The van der Waals surface area contributed by atoms with Gasteiger partial charge in [-0.25, -0.2) is 0 Å². The molecule has 10 aromatic rings. The van der Waals surface area contributed by atoms with Crippen molar-refractivity contribution in [2.75, 3.05) is 0 Å². The molecule has 3 heterocycles. The summed E-state index contributed by atoms with van der Waals surface area (Å²) in [5.41, 5.74) is -5.42. The van der Waals surface area contributed by atoms with Gasteiger partial charge in [-0.05, 0) is 0 Å². The number of phenolic OH excluding ortho intramolecular Hbond substituents is 15. The SMILES string of the molecule is Oc1cc(O)cc(Oc2c(O)cc(O)c3c2Oc2c(O)cc(O)c(-c4c(O)cc(O)c5oc6c(O)c7oc8c(Oc9cc(O)cc(O)c9)c(Oc9c(O)cc(O)cc9O)cc(O)c8oc7cc6oc45)c2O3)c1. The number of fused-ring (bicyclic) bond motifs is 6. The zero-order valence-corrected chi connectivity index (χ0v) is 35.4. The monoisotopic (exact) mass is 988 g/mol. The molecule has 72 heavy (non-hydrogen) atoms. The van der Waals surface area contributed by atoms with E-state index in [2.05, 4.69) is 0 Å². The summed E-state index contributed by atoms with van der Waals surface area (Å²) in [4.78, 5) is 0. The fourth-order valence-corrected chi connectivity index (χ4v) is 7.79. The lowest BCUT2D eigenvalue weighted by Crippen LogP contribution is -2.04. The molecule has 24 nitrogen and oxygen atoms in total. The van der Waals surface area contributed by atoms with Crippen molar-refractivity contribution in [2.24, 2.45) is 0 Å². The van der Waals surface area contributed by atoms with Gasteiger partial charge >= 0.3 is 0 Å². The molecule has 2 aromatic heterocycles. The predicted molar refractivity (Wildman–Crippen MR) is 240 cm³/mol. The average Bonchev–Trinajstić information content (AvgIpc) is 3.29. The first-order valence-electron chi connectivity index (χ1n) is 20.3. The topological polar surface area (TPSA) is 402 Å². The maximum atomic E-state index is 11.8. The molecule has 0 unspecified atom stereocenters. The van der Waals surface area contributed by atoms with E-state index in [9.17, 15) is 76.6 Å². The lowest BCUT2D eigenvalue weighted by Gasteiger charge is -2.26. The first-order valence-corrected chi connectivity index (χ1v) is 20.3. The van der Waals surface area contributed by atoms with Crippen LogP contribution in [0.2, 0.25) is 0 Å². The molecular weight excluding hydrogens is 961 g/mol. The second kappa shape index (κ2) is 15.5. The number of rotatable bonds is 7. The molecule has 1 aliphatic heterocycles. The highest BCUT2D eigenvalue weighted by Gasteiger charge is 2.37. The number of ether oxygens (including phenoxy) is 5. The summed E-state index contributed by atoms with van der Waals surface area (Å²) >= 11 is 0. The van der Waals surface area contributed by atoms with Crippen LogP contribution >= 0.6 is 0 Å². The molecule has 24 heteroatoms. The Morgan fingerprint density at radius 2 is 0.722 bits per heavy atom. The molecule has 0 atom stereocenters. The molecule has 0 saturated heterocycles. The van der Waals surface area contributed by atoms with Crippen molar-refractivity contribution in [2.45, 2.75) is 0 Å². The van der Waals surface area contributed by atoms with E-state index in [0.29, 0.717) is 0 Å². The van der Waals surface area contributed by atoms with Gasteiger partial charge in [0, 0.05) is 78.9 Å². The van der Waals surface area contributed by atoms with Crippen LogP contribution in [0.5, 0.6) is 144 Å². The smallest absolute Gasteiger partial charge is 0.220 e. The summed E-state index contributed by atoms with van der Waals surface area (Å²) in [5.74, 6) is -15.6. The maximum absolute atomic E-state index is 11.8. The van der Waals surface area contributed by atoms with Gasteiger partial charge in [-0.3, -0.25) is 0 Å². The number of hydrogen-bond acceptors (Lipinski definition) is 24. The normalized spacial score (nSPS) is 11.8. The van der Waals surface area contributed by atoms with Crippen molar-refractivity contribution in [3.05, 3.63) is 78.9 Å². The summed E-state index contributed by atoms with van der Waals surface area (Å²) in [6.07, 6.45) is 0. The van der Waals surface area contributed by atoms with Crippen molar-refractivity contribution < 1.29 is 118 Å². The summed E-state index contributed by atoms with van der Waals surface area (Å²) in [6, 6.07) is 12.0. The molecule has 8 aromatic carbocycles. The standard InChI is InChI=1S/C48H28O24/c49-14-1-15(50)4-19(3-14)64-39-27(60)11-28(61)41-47(39)71-38-26(59)10-22(55)34(46(38)70-41)33-21(54)9-25(58)37-45(33)68-32-13-31-43(35(63)42(32)69-37)72-48-40(67-31)29(62)12-30(66-36-23(56)7-18(53)8-24(36)57)44(48)65-20-5-16(51)2-17(52)6-20/h1-13,49-63H. The number of aromatic hydroxyl groups is 15. The van der Waals surface area contributed by atoms with E-state index in [1.54, 1.807) is 0 Å². The summed E-state index contributed by atoms with van der Waals surface area (Å²) in [7, 11) is 0. The Kier molecular flexibility index (Phi) is 9.37. The molecule has 0 fully saturated rings. The molecule has 1 aliphatic rings. The van der Waals surface area contributed by atoms with Crippen LogP contribution in [-0.2, 0) is 0 Å². The Morgan fingerprint density at radius 1 is 0.278 bits per heavy atom. The van der Waals surface area contributed by atoms with E-state index >= 15 is 0 Å². The molecule has 0 bridgehead atoms. The van der Waals surface area contributed by atoms with Gasteiger partial charge in [0.25, 0.3) is 0 Å². The van der Waals surface area contributed by atoms with Gasteiger partial charge in [0.05, 0.1) is 11.1 Å². The van der Waals surface area contributed by atoms with Crippen molar-refractivity contribution in [1.82, 2.24) is 0 Å². The quantitative estimate of drug-likeness (QED) is 0.0660. The Labute approximate surface area is 395 Å².